The van der Waals surface area contributed by atoms with Crippen LogP contribution in [0.2, 0.25) is 0 Å². The molecule has 0 bridgehead atoms. The fraction of sp³-hybridized carbons (Fsp3) is 0.385. The van der Waals surface area contributed by atoms with Crippen LogP contribution in [0.5, 0.6) is 0 Å². The van der Waals surface area contributed by atoms with Gasteiger partial charge in [-0.05, 0) is 38.1 Å². The summed E-state index contributed by atoms with van der Waals surface area (Å²) in [5.41, 5.74) is 1.65. The molecule has 1 atom stereocenters. The number of nitriles is 1. The van der Waals surface area contributed by atoms with Gasteiger partial charge in [0.25, 0.3) is 0 Å². The van der Waals surface area contributed by atoms with Crippen molar-refractivity contribution in [3.63, 3.8) is 0 Å². The zero-order valence-electron chi connectivity index (χ0n) is 9.98. The third-order valence-electron chi connectivity index (χ3n) is 2.62. The molecule has 3 nitrogen and oxygen atoms in total. The van der Waals surface area contributed by atoms with Gasteiger partial charge >= 0.3 is 0 Å². The van der Waals surface area contributed by atoms with E-state index in [0.717, 1.165) is 18.8 Å². The Balaban J connectivity index is 2.89. The molecule has 0 heterocycles. The first-order valence-electron chi connectivity index (χ1n) is 5.56. The number of Topliss-reactive ketones (excluding diaryl/α,β-unsaturated/α-hetero) is 1. The minimum Gasteiger partial charge on any atom is -0.372 e. The highest BCUT2D eigenvalue weighted by atomic mass is 79.9. The van der Waals surface area contributed by atoms with Crippen molar-refractivity contribution in [3.8, 4) is 6.07 Å². The molecule has 0 aliphatic carbocycles. The maximum atomic E-state index is 11.7. The molecule has 1 aromatic rings. The number of carbonyl (C=O) groups excluding carboxylic acids is 1. The van der Waals surface area contributed by atoms with Crippen molar-refractivity contribution in [2.24, 2.45) is 0 Å². The number of hydrogen-bond acceptors (Lipinski definition) is 3. The summed E-state index contributed by atoms with van der Waals surface area (Å²) >= 11 is 3.03. The maximum Gasteiger partial charge on any atom is 0.190 e. The van der Waals surface area contributed by atoms with E-state index in [-0.39, 0.29) is 5.78 Å². The average Bonchev–Trinajstić information content (AvgIpc) is 2.39. The van der Waals surface area contributed by atoms with Crippen molar-refractivity contribution < 1.29 is 4.79 Å². The fourth-order valence-corrected chi connectivity index (χ4v) is 1.89. The number of carbonyl (C=O) groups is 1. The lowest BCUT2D eigenvalue weighted by Gasteiger charge is -2.21. The summed E-state index contributed by atoms with van der Waals surface area (Å²) in [5, 5.41) is 8.66. The van der Waals surface area contributed by atoms with E-state index in [9.17, 15) is 4.79 Å². The second-order valence-electron chi connectivity index (χ2n) is 3.58. The first-order valence-corrected chi connectivity index (χ1v) is 6.48. The molecule has 0 amide bonds. The summed E-state index contributed by atoms with van der Waals surface area (Å²) in [6, 6.07) is 9.24. The SMILES string of the molecule is CCN(CC)c1ccc(C(=O)C(Br)C#N)cc1. The third-order valence-corrected chi connectivity index (χ3v) is 3.24. The van der Waals surface area contributed by atoms with Gasteiger partial charge in [0.1, 0.15) is 0 Å². The second kappa shape index (κ2) is 6.41. The smallest absolute Gasteiger partial charge is 0.190 e. The predicted octanol–water partition coefficient (Wildman–Crippen LogP) is 3.00. The average molecular weight is 295 g/mol. The van der Waals surface area contributed by atoms with E-state index < -0.39 is 4.83 Å². The molecular weight excluding hydrogens is 280 g/mol. The Hall–Kier alpha value is -1.34. The lowest BCUT2D eigenvalue weighted by atomic mass is 10.1. The molecule has 17 heavy (non-hydrogen) atoms. The van der Waals surface area contributed by atoms with E-state index in [0.29, 0.717) is 5.56 Å². The van der Waals surface area contributed by atoms with E-state index in [1.807, 2.05) is 18.2 Å². The quantitative estimate of drug-likeness (QED) is 0.619. The molecule has 0 N–H and O–H groups in total. The van der Waals surface area contributed by atoms with Crippen molar-refractivity contribution in [1.82, 2.24) is 0 Å². The standard InChI is InChI=1S/C13H15BrN2O/c1-3-16(4-2)11-7-5-10(6-8-11)13(17)12(14)9-15/h5-8,12H,3-4H2,1-2H3. The predicted molar refractivity (Wildman–Crippen MR) is 72.7 cm³/mol. The summed E-state index contributed by atoms with van der Waals surface area (Å²) in [7, 11) is 0. The topological polar surface area (TPSA) is 44.1 Å². The van der Waals surface area contributed by atoms with Crippen LogP contribution in [0.3, 0.4) is 0 Å². The first kappa shape index (κ1) is 13.7. The Labute approximate surface area is 110 Å². The zero-order chi connectivity index (χ0) is 12.8. The van der Waals surface area contributed by atoms with Crippen LogP contribution >= 0.6 is 15.9 Å². The van der Waals surface area contributed by atoms with Crippen LogP contribution in [0.25, 0.3) is 0 Å². The Kier molecular flexibility index (Phi) is 5.17. The van der Waals surface area contributed by atoms with Gasteiger partial charge in [0.05, 0.1) is 6.07 Å². The van der Waals surface area contributed by atoms with Crippen molar-refractivity contribution in [2.75, 3.05) is 18.0 Å². The Morgan fingerprint density at radius 2 is 1.88 bits per heavy atom. The van der Waals surface area contributed by atoms with E-state index >= 15 is 0 Å². The molecule has 1 rings (SSSR count). The molecule has 0 spiro atoms. The summed E-state index contributed by atoms with van der Waals surface area (Å²) in [6.45, 7) is 6.05. The highest BCUT2D eigenvalue weighted by molar-refractivity contribution is 9.10. The normalized spacial score (nSPS) is 11.6. The number of hydrogen-bond donors (Lipinski definition) is 0. The van der Waals surface area contributed by atoms with Crippen LogP contribution in [0.4, 0.5) is 5.69 Å². The van der Waals surface area contributed by atoms with Crippen LogP contribution in [0, 0.1) is 11.3 Å². The molecular formula is C13H15BrN2O. The minimum absolute atomic E-state index is 0.196. The Bertz CT molecular complexity index is 418. The fourth-order valence-electron chi connectivity index (χ4n) is 1.63. The minimum atomic E-state index is -0.762. The molecule has 0 aromatic heterocycles. The first-order chi connectivity index (χ1) is 8.13. The van der Waals surface area contributed by atoms with Gasteiger partial charge < -0.3 is 4.90 Å². The Morgan fingerprint density at radius 3 is 2.29 bits per heavy atom. The summed E-state index contributed by atoms with van der Waals surface area (Å²) in [4.78, 5) is 13.1. The molecule has 90 valence electrons. The third kappa shape index (κ3) is 3.31. The van der Waals surface area contributed by atoms with Crippen LogP contribution in [0.15, 0.2) is 24.3 Å². The highest BCUT2D eigenvalue weighted by Crippen LogP contribution is 2.17. The summed E-state index contributed by atoms with van der Waals surface area (Å²) in [6.07, 6.45) is 0. The maximum absolute atomic E-state index is 11.7. The monoisotopic (exact) mass is 294 g/mol. The van der Waals surface area contributed by atoms with E-state index in [4.69, 9.17) is 5.26 Å². The molecule has 0 radical (unpaired) electrons. The molecule has 0 aliphatic rings. The van der Waals surface area contributed by atoms with Crippen molar-refractivity contribution in [1.29, 1.82) is 5.26 Å². The second-order valence-corrected chi connectivity index (χ2v) is 4.49. The van der Waals surface area contributed by atoms with Crippen molar-refractivity contribution in [3.05, 3.63) is 29.8 Å². The zero-order valence-corrected chi connectivity index (χ0v) is 11.6. The Morgan fingerprint density at radius 1 is 1.35 bits per heavy atom. The number of nitrogens with zero attached hydrogens (tertiary/aromatic N) is 2. The number of anilines is 1. The van der Waals surface area contributed by atoms with Gasteiger partial charge in [-0.25, -0.2) is 0 Å². The van der Waals surface area contributed by atoms with E-state index in [1.165, 1.54) is 0 Å². The van der Waals surface area contributed by atoms with Crippen LogP contribution in [0.1, 0.15) is 24.2 Å². The molecule has 0 fully saturated rings. The van der Waals surface area contributed by atoms with E-state index in [2.05, 4.69) is 34.7 Å². The largest absolute Gasteiger partial charge is 0.372 e. The lowest BCUT2D eigenvalue weighted by Crippen LogP contribution is -2.21. The van der Waals surface area contributed by atoms with Gasteiger partial charge in [0, 0.05) is 24.3 Å². The molecule has 0 aliphatic heterocycles. The summed E-state index contributed by atoms with van der Waals surface area (Å²) < 4.78 is 0. The molecule has 0 saturated heterocycles. The number of halogens is 1. The van der Waals surface area contributed by atoms with E-state index in [1.54, 1.807) is 12.1 Å². The lowest BCUT2D eigenvalue weighted by molar-refractivity contribution is 0.100. The highest BCUT2D eigenvalue weighted by Gasteiger charge is 2.15. The molecule has 0 saturated carbocycles. The van der Waals surface area contributed by atoms with Gasteiger partial charge in [-0.2, -0.15) is 5.26 Å². The summed E-state index contributed by atoms with van der Waals surface area (Å²) in [5.74, 6) is -0.196. The van der Waals surface area contributed by atoms with Gasteiger partial charge in [-0.1, -0.05) is 15.9 Å². The van der Waals surface area contributed by atoms with Gasteiger partial charge in [-0.3, -0.25) is 4.79 Å². The van der Waals surface area contributed by atoms with Gasteiger partial charge in [-0.15, -0.1) is 0 Å². The molecule has 4 heteroatoms. The number of rotatable bonds is 5. The van der Waals surface area contributed by atoms with Crippen LogP contribution in [-0.4, -0.2) is 23.7 Å². The van der Waals surface area contributed by atoms with Gasteiger partial charge in [0.15, 0.2) is 10.6 Å². The van der Waals surface area contributed by atoms with Crippen LogP contribution in [-0.2, 0) is 0 Å². The number of ketones is 1. The molecule has 1 unspecified atom stereocenters. The van der Waals surface area contributed by atoms with Crippen LogP contribution < -0.4 is 4.90 Å². The molecule has 1 aromatic carbocycles. The van der Waals surface area contributed by atoms with Gasteiger partial charge in [0.2, 0.25) is 0 Å². The number of benzene rings is 1. The van der Waals surface area contributed by atoms with Crippen molar-refractivity contribution in [2.45, 2.75) is 18.7 Å². The number of alkyl halides is 1. The van der Waals surface area contributed by atoms with Crippen molar-refractivity contribution >= 4 is 27.4 Å².